The van der Waals surface area contributed by atoms with E-state index in [0.29, 0.717) is 33.7 Å². The molecule has 0 saturated carbocycles. The number of ether oxygens (including phenoxy) is 1. The first kappa shape index (κ1) is 21.6. The van der Waals surface area contributed by atoms with Crippen molar-refractivity contribution in [1.82, 2.24) is 9.47 Å². The molecular weight excluding hydrogens is 422 g/mol. The maximum Gasteiger partial charge on any atom is 0.273 e. The molecule has 1 fully saturated rings. The van der Waals surface area contributed by atoms with Crippen LogP contribution in [-0.4, -0.2) is 35.6 Å². The van der Waals surface area contributed by atoms with Crippen LogP contribution in [0.15, 0.2) is 53.3 Å². The second-order valence-electron chi connectivity index (χ2n) is 7.63. The molecule has 1 aliphatic heterocycles. The highest BCUT2D eigenvalue weighted by atomic mass is 32.1. The Hall–Kier alpha value is -3.63. The van der Waals surface area contributed by atoms with Gasteiger partial charge in [-0.2, -0.15) is 5.26 Å². The van der Waals surface area contributed by atoms with E-state index in [1.807, 2.05) is 37.3 Å². The van der Waals surface area contributed by atoms with E-state index in [1.54, 1.807) is 29.2 Å². The average Bonchev–Trinajstić information content (AvgIpc) is 3.43. The number of nitriles is 1. The van der Waals surface area contributed by atoms with Crippen LogP contribution in [0.1, 0.15) is 24.0 Å². The number of aryl methyl sites for hydroxylation is 1. The maximum absolute atomic E-state index is 13.6. The predicted octanol–water partition coefficient (Wildman–Crippen LogP) is 2.34. The molecule has 0 aliphatic carbocycles. The maximum atomic E-state index is 13.6. The molecule has 0 unspecified atom stereocenters. The second kappa shape index (κ2) is 9.25. The van der Waals surface area contributed by atoms with E-state index in [-0.39, 0.29) is 17.0 Å². The molecule has 4 rings (SSSR count). The van der Waals surface area contributed by atoms with Gasteiger partial charge >= 0.3 is 0 Å². The Kier molecular flexibility index (Phi) is 6.24. The third-order valence-corrected chi connectivity index (χ3v) is 6.51. The van der Waals surface area contributed by atoms with Crippen LogP contribution in [0.3, 0.4) is 0 Å². The van der Waals surface area contributed by atoms with Crippen LogP contribution in [0.25, 0.3) is 17.3 Å². The highest BCUT2D eigenvalue weighted by Crippen LogP contribution is 2.20. The summed E-state index contributed by atoms with van der Waals surface area (Å²) in [5, 5.41) is 9.95. The van der Waals surface area contributed by atoms with E-state index in [0.717, 1.165) is 35.3 Å². The largest absolute Gasteiger partial charge is 0.495 e. The zero-order valence-electron chi connectivity index (χ0n) is 18.0. The number of thiazole rings is 1. The highest BCUT2D eigenvalue weighted by molar-refractivity contribution is 7.07. The third-order valence-electron chi connectivity index (χ3n) is 5.42. The molecule has 0 N–H and O–H groups in total. The summed E-state index contributed by atoms with van der Waals surface area (Å²) in [6.07, 6.45) is 3.63. The minimum absolute atomic E-state index is 0.0243. The van der Waals surface area contributed by atoms with Crippen molar-refractivity contribution in [2.75, 3.05) is 20.2 Å². The fourth-order valence-electron chi connectivity index (χ4n) is 3.86. The molecule has 0 radical (unpaired) electrons. The number of likely N-dealkylation sites (tertiary alicyclic amines) is 1. The van der Waals surface area contributed by atoms with Crippen molar-refractivity contribution in [1.29, 1.82) is 5.26 Å². The van der Waals surface area contributed by atoms with E-state index in [2.05, 4.69) is 6.07 Å². The molecule has 0 atom stereocenters. The first-order valence-corrected chi connectivity index (χ1v) is 11.2. The summed E-state index contributed by atoms with van der Waals surface area (Å²) in [6, 6.07) is 17.0. The normalized spacial score (nSPS) is 14.9. The first-order valence-electron chi connectivity index (χ1n) is 10.4. The Morgan fingerprint density at radius 2 is 1.91 bits per heavy atom. The number of para-hydroxylation sites is 2. The molecule has 1 saturated heterocycles. The van der Waals surface area contributed by atoms with Crippen molar-refractivity contribution in [2.45, 2.75) is 19.8 Å². The van der Waals surface area contributed by atoms with E-state index in [1.165, 1.54) is 11.7 Å². The molecule has 7 heteroatoms. The molecule has 2 aromatic carbocycles. The fourth-order valence-corrected chi connectivity index (χ4v) is 4.95. The molecule has 32 heavy (non-hydrogen) atoms. The summed E-state index contributed by atoms with van der Waals surface area (Å²) in [6.45, 7) is 3.23. The minimum Gasteiger partial charge on any atom is -0.495 e. The number of hydrogen-bond donors (Lipinski definition) is 0. The number of aromatic nitrogens is 1. The minimum atomic E-state index is -0.336. The van der Waals surface area contributed by atoms with Crippen molar-refractivity contribution >= 4 is 28.9 Å². The molecule has 162 valence electrons. The van der Waals surface area contributed by atoms with Gasteiger partial charge in [-0.1, -0.05) is 42.0 Å². The van der Waals surface area contributed by atoms with Gasteiger partial charge in [0.1, 0.15) is 16.5 Å². The lowest BCUT2D eigenvalue weighted by Crippen LogP contribution is -2.35. The van der Waals surface area contributed by atoms with Gasteiger partial charge in [0.05, 0.1) is 17.3 Å². The number of amides is 1. The molecule has 1 amide bonds. The van der Waals surface area contributed by atoms with Crippen LogP contribution in [0.4, 0.5) is 0 Å². The van der Waals surface area contributed by atoms with E-state index < -0.39 is 0 Å². The van der Waals surface area contributed by atoms with Crippen LogP contribution < -0.4 is 19.5 Å². The summed E-state index contributed by atoms with van der Waals surface area (Å²) in [7, 11) is 1.53. The van der Waals surface area contributed by atoms with Crippen LogP contribution in [0.5, 0.6) is 5.75 Å². The molecule has 3 aromatic rings. The smallest absolute Gasteiger partial charge is 0.273 e. The van der Waals surface area contributed by atoms with Crippen molar-refractivity contribution < 1.29 is 9.53 Å². The summed E-state index contributed by atoms with van der Waals surface area (Å²) >= 11 is 1.15. The summed E-state index contributed by atoms with van der Waals surface area (Å²) in [5.41, 5.74) is 2.14. The lowest BCUT2D eigenvalue weighted by molar-refractivity contribution is -0.123. The van der Waals surface area contributed by atoms with E-state index >= 15 is 0 Å². The number of carbonyl (C=O) groups is 1. The van der Waals surface area contributed by atoms with Crippen molar-refractivity contribution in [3.8, 4) is 17.5 Å². The molecule has 1 aliphatic rings. The van der Waals surface area contributed by atoms with Gasteiger partial charge in [-0.3, -0.25) is 14.2 Å². The van der Waals surface area contributed by atoms with Gasteiger partial charge in [-0.25, -0.2) is 0 Å². The number of rotatable bonds is 4. The standard InChI is InChI=1S/C25H23N3O3S/c1-17-8-7-9-18(14-17)15-22-24(30)28(20-10-3-4-11-21(20)31-2)25(32-22)19(16-26)23(29)27-12-5-6-13-27/h3-4,7-11,14-15H,5-6,12-13H2,1-2H3/b22-15+,25-19-. The Labute approximate surface area is 189 Å². The first-order chi connectivity index (χ1) is 15.5. The van der Waals surface area contributed by atoms with Gasteiger partial charge in [-0.05, 0) is 43.5 Å². The summed E-state index contributed by atoms with van der Waals surface area (Å²) in [5.74, 6) is 0.152. The van der Waals surface area contributed by atoms with Gasteiger partial charge in [0.2, 0.25) is 0 Å². The van der Waals surface area contributed by atoms with Crippen molar-refractivity contribution in [2.24, 2.45) is 0 Å². The molecule has 1 aromatic heterocycles. The number of methoxy groups -OCH3 is 1. The Balaban J connectivity index is 2.05. The highest BCUT2D eigenvalue weighted by Gasteiger charge is 2.25. The van der Waals surface area contributed by atoms with Crippen molar-refractivity contribution in [3.63, 3.8) is 0 Å². The predicted molar refractivity (Wildman–Crippen MR) is 125 cm³/mol. The Morgan fingerprint density at radius 1 is 1.16 bits per heavy atom. The zero-order valence-corrected chi connectivity index (χ0v) is 18.8. The molecule has 0 spiro atoms. The topological polar surface area (TPSA) is 75.3 Å². The van der Waals surface area contributed by atoms with Gasteiger partial charge < -0.3 is 9.64 Å². The fraction of sp³-hybridized carbons (Fsp3) is 0.240. The van der Waals surface area contributed by atoms with Crippen LogP contribution in [-0.2, 0) is 4.79 Å². The molecule has 6 nitrogen and oxygen atoms in total. The number of benzene rings is 2. The molecule has 2 heterocycles. The molecule has 0 bridgehead atoms. The second-order valence-corrected chi connectivity index (χ2v) is 8.66. The number of carbonyl (C=O) groups excluding carboxylic acids is 1. The third kappa shape index (κ3) is 4.10. The monoisotopic (exact) mass is 445 g/mol. The molecular formula is C25H23N3O3S. The number of hydrogen-bond acceptors (Lipinski definition) is 5. The number of nitrogens with zero attached hydrogens (tertiary/aromatic N) is 3. The van der Waals surface area contributed by atoms with Gasteiger partial charge in [0.25, 0.3) is 11.5 Å². The summed E-state index contributed by atoms with van der Waals surface area (Å²) < 4.78 is 7.66. The lowest BCUT2D eigenvalue weighted by Gasteiger charge is -2.14. The Bertz CT molecular complexity index is 1390. The SMILES string of the molecule is COc1ccccc1-n1c(=O)/c(=C\c2cccc(C)c2)s/c1=C(/C#N)C(=O)N1CCCC1. The summed E-state index contributed by atoms with van der Waals surface area (Å²) in [4.78, 5) is 28.4. The quantitative estimate of drug-likeness (QED) is 0.618. The van der Waals surface area contributed by atoms with E-state index in [9.17, 15) is 14.9 Å². The van der Waals surface area contributed by atoms with Crippen LogP contribution in [0.2, 0.25) is 0 Å². The van der Waals surface area contributed by atoms with Gasteiger partial charge in [0.15, 0.2) is 5.57 Å². The lowest BCUT2D eigenvalue weighted by atomic mass is 10.1. The van der Waals surface area contributed by atoms with Crippen LogP contribution >= 0.6 is 11.3 Å². The van der Waals surface area contributed by atoms with Gasteiger partial charge in [0, 0.05) is 13.1 Å². The zero-order chi connectivity index (χ0) is 22.7. The van der Waals surface area contributed by atoms with Crippen molar-refractivity contribution in [3.05, 3.63) is 79.2 Å². The average molecular weight is 446 g/mol. The Morgan fingerprint density at radius 3 is 2.59 bits per heavy atom. The van der Waals surface area contributed by atoms with Gasteiger partial charge in [-0.15, -0.1) is 11.3 Å². The van der Waals surface area contributed by atoms with E-state index in [4.69, 9.17) is 4.74 Å². The van der Waals surface area contributed by atoms with Crippen LogP contribution in [0, 0.1) is 18.3 Å².